The SMILES string of the molecule is Cn1c2ccccc2c2ccc3c4ccccc4n(-c4ccc5c(c4)sc4ccccc45)c3c21. The average molecular weight is 453 g/mol. The molecule has 0 aliphatic rings. The highest BCUT2D eigenvalue weighted by molar-refractivity contribution is 7.25. The molecule has 3 heterocycles. The monoisotopic (exact) mass is 452 g/mol. The van der Waals surface area contributed by atoms with E-state index in [4.69, 9.17) is 0 Å². The van der Waals surface area contributed by atoms with Gasteiger partial charge in [0, 0.05) is 60.0 Å². The molecular formula is C31H20N2S. The predicted molar refractivity (Wildman–Crippen MR) is 148 cm³/mol. The molecule has 3 heteroatoms. The van der Waals surface area contributed by atoms with Crippen LogP contribution in [-0.2, 0) is 7.05 Å². The van der Waals surface area contributed by atoms with E-state index in [2.05, 4.69) is 119 Å². The van der Waals surface area contributed by atoms with Gasteiger partial charge in [0.15, 0.2) is 0 Å². The molecule has 160 valence electrons. The van der Waals surface area contributed by atoms with Gasteiger partial charge in [-0.05, 0) is 30.3 Å². The number of hydrogen-bond acceptors (Lipinski definition) is 1. The van der Waals surface area contributed by atoms with Gasteiger partial charge in [0.05, 0.1) is 16.6 Å². The molecular weight excluding hydrogens is 432 g/mol. The van der Waals surface area contributed by atoms with Crippen LogP contribution in [0.15, 0.2) is 103 Å². The van der Waals surface area contributed by atoms with Crippen molar-refractivity contribution in [2.75, 3.05) is 0 Å². The van der Waals surface area contributed by atoms with E-state index in [1.165, 1.54) is 69.5 Å². The summed E-state index contributed by atoms with van der Waals surface area (Å²) in [6.45, 7) is 0. The van der Waals surface area contributed by atoms with Crippen molar-refractivity contribution < 1.29 is 0 Å². The van der Waals surface area contributed by atoms with Gasteiger partial charge in [-0.3, -0.25) is 0 Å². The first-order valence-electron chi connectivity index (χ1n) is 11.6. The Morgan fingerprint density at radius 2 is 1.09 bits per heavy atom. The quantitative estimate of drug-likeness (QED) is 0.235. The van der Waals surface area contributed by atoms with Crippen molar-refractivity contribution in [1.82, 2.24) is 9.13 Å². The van der Waals surface area contributed by atoms with Gasteiger partial charge in [0.25, 0.3) is 0 Å². The summed E-state index contributed by atoms with van der Waals surface area (Å²) in [6.07, 6.45) is 0. The summed E-state index contributed by atoms with van der Waals surface area (Å²) in [5.74, 6) is 0. The molecule has 0 saturated carbocycles. The molecule has 0 spiro atoms. The molecule has 0 radical (unpaired) electrons. The Balaban J connectivity index is 1.58. The number of aromatic nitrogens is 2. The lowest BCUT2D eigenvalue weighted by Crippen LogP contribution is -1.96. The van der Waals surface area contributed by atoms with Crippen molar-refractivity contribution in [3.8, 4) is 5.69 Å². The number of para-hydroxylation sites is 2. The van der Waals surface area contributed by atoms with Crippen molar-refractivity contribution in [3.63, 3.8) is 0 Å². The number of nitrogens with zero attached hydrogens (tertiary/aromatic N) is 2. The van der Waals surface area contributed by atoms with Gasteiger partial charge in [0.1, 0.15) is 0 Å². The lowest BCUT2D eigenvalue weighted by atomic mass is 10.1. The molecule has 0 N–H and O–H groups in total. The first kappa shape index (κ1) is 18.4. The van der Waals surface area contributed by atoms with E-state index < -0.39 is 0 Å². The number of thiophene rings is 1. The minimum Gasteiger partial charge on any atom is -0.342 e. The molecule has 0 atom stereocenters. The summed E-state index contributed by atoms with van der Waals surface area (Å²) in [5, 5.41) is 7.87. The minimum atomic E-state index is 1.21. The van der Waals surface area contributed by atoms with Crippen molar-refractivity contribution in [3.05, 3.63) is 103 Å². The van der Waals surface area contributed by atoms with E-state index in [0.29, 0.717) is 0 Å². The standard InChI is InChI=1S/C31H20N2S/c1-32-26-11-5-2-8-20(26)24-16-17-25-21-9-3-6-12-27(21)33(31(25)30(24)32)19-14-15-23-22-10-4-7-13-28(22)34-29(23)18-19/h2-18H,1H3. The summed E-state index contributed by atoms with van der Waals surface area (Å²) in [7, 11) is 2.20. The van der Waals surface area contributed by atoms with Gasteiger partial charge in [0.2, 0.25) is 0 Å². The third-order valence-electron chi connectivity index (χ3n) is 7.32. The second kappa shape index (κ2) is 6.49. The summed E-state index contributed by atoms with van der Waals surface area (Å²) < 4.78 is 7.50. The van der Waals surface area contributed by atoms with E-state index >= 15 is 0 Å². The van der Waals surface area contributed by atoms with Crippen LogP contribution in [-0.4, -0.2) is 9.13 Å². The van der Waals surface area contributed by atoms with Crippen molar-refractivity contribution in [1.29, 1.82) is 0 Å². The molecule has 0 aliphatic heterocycles. The Morgan fingerprint density at radius 1 is 0.500 bits per heavy atom. The van der Waals surface area contributed by atoms with Gasteiger partial charge < -0.3 is 9.13 Å². The minimum absolute atomic E-state index is 1.21. The maximum atomic E-state index is 2.47. The van der Waals surface area contributed by atoms with Crippen LogP contribution in [0.3, 0.4) is 0 Å². The molecule has 3 aromatic heterocycles. The Kier molecular flexibility index (Phi) is 3.51. The van der Waals surface area contributed by atoms with Crippen LogP contribution in [0, 0.1) is 0 Å². The summed E-state index contributed by atoms with van der Waals surface area (Å²) in [4.78, 5) is 0. The zero-order valence-electron chi connectivity index (χ0n) is 18.6. The predicted octanol–water partition coefficient (Wildman–Crippen LogP) is 8.80. The van der Waals surface area contributed by atoms with E-state index in [9.17, 15) is 0 Å². The fraction of sp³-hybridized carbons (Fsp3) is 0.0323. The third kappa shape index (κ3) is 2.25. The van der Waals surface area contributed by atoms with Crippen LogP contribution >= 0.6 is 11.3 Å². The molecule has 0 amide bonds. The smallest absolute Gasteiger partial charge is 0.0785 e. The van der Waals surface area contributed by atoms with E-state index in [1.54, 1.807) is 0 Å². The third-order valence-corrected chi connectivity index (χ3v) is 8.46. The Bertz CT molecular complexity index is 2080. The highest BCUT2D eigenvalue weighted by Gasteiger charge is 2.19. The van der Waals surface area contributed by atoms with Crippen LogP contribution < -0.4 is 0 Å². The maximum absolute atomic E-state index is 2.47. The van der Waals surface area contributed by atoms with Crippen LogP contribution in [0.1, 0.15) is 0 Å². The molecule has 8 aromatic rings. The highest BCUT2D eigenvalue weighted by Crippen LogP contribution is 2.41. The molecule has 0 aliphatic carbocycles. The lowest BCUT2D eigenvalue weighted by Gasteiger charge is -2.10. The van der Waals surface area contributed by atoms with Crippen LogP contribution in [0.5, 0.6) is 0 Å². The Labute approximate surface area is 199 Å². The molecule has 34 heavy (non-hydrogen) atoms. The lowest BCUT2D eigenvalue weighted by molar-refractivity contribution is 1.01. The van der Waals surface area contributed by atoms with Gasteiger partial charge >= 0.3 is 0 Å². The Hall–Kier alpha value is -4.08. The summed E-state index contributed by atoms with van der Waals surface area (Å²) >= 11 is 1.88. The van der Waals surface area contributed by atoms with E-state index in [0.717, 1.165) is 0 Å². The molecule has 2 nitrogen and oxygen atoms in total. The number of benzene rings is 5. The number of hydrogen-bond donors (Lipinski definition) is 0. The van der Waals surface area contributed by atoms with E-state index in [1.807, 2.05) is 11.3 Å². The second-order valence-electron chi connectivity index (χ2n) is 9.07. The maximum Gasteiger partial charge on any atom is 0.0785 e. The van der Waals surface area contributed by atoms with Crippen molar-refractivity contribution >= 4 is 75.1 Å². The van der Waals surface area contributed by atoms with Crippen molar-refractivity contribution in [2.45, 2.75) is 0 Å². The zero-order chi connectivity index (χ0) is 22.4. The highest BCUT2D eigenvalue weighted by atomic mass is 32.1. The van der Waals surface area contributed by atoms with Crippen LogP contribution in [0.4, 0.5) is 0 Å². The van der Waals surface area contributed by atoms with Gasteiger partial charge in [-0.15, -0.1) is 11.3 Å². The molecule has 0 fully saturated rings. The molecule has 5 aromatic carbocycles. The van der Waals surface area contributed by atoms with Crippen LogP contribution in [0.2, 0.25) is 0 Å². The van der Waals surface area contributed by atoms with Gasteiger partial charge in [-0.1, -0.05) is 72.8 Å². The number of fused-ring (bicyclic) bond motifs is 10. The molecule has 0 saturated heterocycles. The second-order valence-corrected chi connectivity index (χ2v) is 10.1. The largest absolute Gasteiger partial charge is 0.342 e. The first-order chi connectivity index (χ1) is 16.8. The fourth-order valence-corrected chi connectivity index (χ4v) is 6.97. The fourth-order valence-electron chi connectivity index (χ4n) is 5.83. The zero-order valence-corrected chi connectivity index (χ0v) is 19.4. The normalized spacial score (nSPS) is 12.3. The topological polar surface area (TPSA) is 9.86 Å². The molecule has 0 bridgehead atoms. The van der Waals surface area contributed by atoms with Crippen LogP contribution in [0.25, 0.3) is 69.5 Å². The summed E-state index contributed by atoms with van der Waals surface area (Å²) in [6, 6.07) is 37.8. The summed E-state index contributed by atoms with van der Waals surface area (Å²) in [5.41, 5.74) is 6.28. The first-order valence-corrected chi connectivity index (χ1v) is 12.4. The number of rotatable bonds is 1. The number of aryl methyl sites for hydroxylation is 1. The Morgan fingerprint density at radius 3 is 1.91 bits per heavy atom. The van der Waals surface area contributed by atoms with Crippen molar-refractivity contribution in [2.24, 2.45) is 7.05 Å². The van der Waals surface area contributed by atoms with Gasteiger partial charge in [-0.25, -0.2) is 0 Å². The van der Waals surface area contributed by atoms with E-state index in [-0.39, 0.29) is 0 Å². The molecule has 0 unspecified atom stereocenters. The average Bonchev–Trinajstić information content (AvgIpc) is 3.52. The molecule has 8 rings (SSSR count). The van der Waals surface area contributed by atoms with Gasteiger partial charge in [-0.2, -0.15) is 0 Å².